The third-order valence-corrected chi connectivity index (χ3v) is 4.07. The topological polar surface area (TPSA) is 69.7 Å². The molecule has 0 unspecified atom stereocenters. The molecule has 1 aromatic carbocycles. The van der Waals surface area contributed by atoms with Crippen molar-refractivity contribution in [2.75, 3.05) is 19.7 Å². The van der Waals surface area contributed by atoms with E-state index in [2.05, 4.69) is 13.8 Å². The van der Waals surface area contributed by atoms with Crippen LogP contribution in [-0.4, -0.2) is 36.5 Å². The number of carboxylic acids is 1. The van der Waals surface area contributed by atoms with Crippen molar-refractivity contribution in [1.29, 1.82) is 0 Å². The quantitative estimate of drug-likeness (QED) is 0.819. The van der Waals surface area contributed by atoms with E-state index in [4.69, 9.17) is 4.74 Å². The van der Waals surface area contributed by atoms with Crippen molar-refractivity contribution >= 4 is 11.9 Å². The number of carbonyl (C=O) groups is 2. The number of ether oxygens (including phenoxy) is 1. The first kappa shape index (κ1) is 16.3. The third kappa shape index (κ3) is 4.00. The Hall–Kier alpha value is -2.04. The molecule has 1 fully saturated rings. The molecule has 1 heterocycles. The van der Waals surface area contributed by atoms with Crippen molar-refractivity contribution in [2.45, 2.75) is 32.6 Å². The SMILES string of the molecule is CC(C)c1ccccc1OCC(=O)N1CCC(C(=O)[O-])CC1. The van der Waals surface area contributed by atoms with Gasteiger partial charge in [0.05, 0.1) is 0 Å². The van der Waals surface area contributed by atoms with Gasteiger partial charge in [-0.25, -0.2) is 0 Å². The van der Waals surface area contributed by atoms with Gasteiger partial charge in [0, 0.05) is 25.0 Å². The monoisotopic (exact) mass is 304 g/mol. The highest BCUT2D eigenvalue weighted by molar-refractivity contribution is 5.78. The fraction of sp³-hybridized carbons (Fsp3) is 0.529. The molecule has 1 aliphatic rings. The number of benzene rings is 1. The van der Waals surface area contributed by atoms with Crippen LogP contribution in [0.2, 0.25) is 0 Å². The number of nitrogens with zero attached hydrogens (tertiary/aromatic N) is 1. The summed E-state index contributed by atoms with van der Waals surface area (Å²) in [6.07, 6.45) is 0.910. The Morgan fingerprint density at radius 1 is 1.27 bits per heavy atom. The van der Waals surface area contributed by atoms with Crippen LogP contribution < -0.4 is 9.84 Å². The Labute approximate surface area is 130 Å². The number of piperidine rings is 1. The van der Waals surface area contributed by atoms with Crippen molar-refractivity contribution < 1.29 is 19.4 Å². The lowest BCUT2D eigenvalue weighted by molar-refractivity contribution is -0.312. The number of aliphatic carboxylic acids is 1. The van der Waals surface area contributed by atoms with Crippen LogP contribution in [0.4, 0.5) is 0 Å². The number of carboxylic acid groups (broad SMARTS) is 1. The Bertz CT molecular complexity index is 533. The van der Waals surface area contributed by atoms with E-state index in [-0.39, 0.29) is 12.5 Å². The smallest absolute Gasteiger partial charge is 0.260 e. The molecule has 0 aliphatic carbocycles. The fourth-order valence-corrected chi connectivity index (χ4v) is 2.68. The highest BCUT2D eigenvalue weighted by Gasteiger charge is 2.23. The first-order chi connectivity index (χ1) is 10.5. The lowest BCUT2D eigenvalue weighted by atomic mass is 9.97. The second kappa shape index (κ2) is 7.29. The van der Waals surface area contributed by atoms with Gasteiger partial charge in [-0.05, 0) is 30.4 Å². The molecule has 0 atom stereocenters. The average Bonchev–Trinajstić information content (AvgIpc) is 2.52. The summed E-state index contributed by atoms with van der Waals surface area (Å²) in [6.45, 7) is 5.04. The van der Waals surface area contributed by atoms with Gasteiger partial charge < -0.3 is 19.5 Å². The van der Waals surface area contributed by atoms with Gasteiger partial charge in [-0.3, -0.25) is 4.79 Å². The minimum Gasteiger partial charge on any atom is -0.550 e. The largest absolute Gasteiger partial charge is 0.550 e. The van der Waals surface area contributed by atoms with Crippen molar-refractivity contribution in [3.63, 3.8) is 0 Å². The van der Waals surface area contributed by atoms with Gasteiger partial charge in [0.25, 0.3) is 5.91 Å². The van der Waals surface area contributed by atoms with Crippen molar-refractivity contribution in [3.05, 3.63) is 29.8 Å². The Morgan fingerprint density at radius 2 is 1.91 bits per heavy atom. The molecule has 0 saturated carbocycles. The predicted octanol–water partition coefficient (Wildman–Crippen LogP) is 1.18. The zero-order valence-corrected chi connectivity index (χ0v) is 13.1. The number of hydrogen-bond acceptors (Lipinski definition) is 4. The standard InChI is InChI=1S/C17H23NO4/c1-12(2)14-5-3-4-6-15(14)22-11-16(19)18-9-7-13(8-10-18)17(20)21/h3-6,12-13H,7-11H2,1-2H3,(H,20,21)/p-1. The van der Waals surface area contributed by atoms with Gasteiger partial charge in [0.1, 0.15) is 5.75 Å². The summed E-state index contributed by atoms with van der Waals surface area (Å²) >= 11 is 0. The second-order valence-electron chi connectivity index (χ2n) is 5.96. The van der Waals surface area contributed by atoms with E-state index in [9.17, 15) is 14.7 Å². The van der Waals surface area contributed by atoms with Crippen LogP contribution in [0.15, 0.2) is 24.3 Å². The minimum atomic E-state index is -1.02. The lowest BCUT2D eigenvalue weighted by Crippen LogP contribution is -2.45. The van der Waals surface area contributed by atoms with Crippen LogP contribution >= 0.6 is 0 Å². The Balaban J connectivity index is 1.88. The van der Waals surface area contributed by atoms with E-state index >= 15 is 0 Å². The van der Waals surface area contributed by atoms with Crippen molar-refractivity contribution in [3.8, 4) is 5.75 Å². The summed E-state index contributed by atoms with van der Waals surface area (Å²) in [4.78, 5) is 24.6. The molecule has 1 saturated heterocycles. The van der Waals surface area contributed by atoms with Gasteiger partial charge >= 0.3 is 0 Å². The van der Waals surface area contributed by atoms with E-state index in [0.717, 1.165) is 11.3 Å². The highest BCUT2D eigenvalue weighted by atomic mass is 16.5. The van der Waals surface area contributed by atoms with Gasteiger partial charge in [-0.2, -0.15) is 0 Å². The van der Waals surface area contributed by atoms with Gasteiger partial charge in [0.15, 0.2) is 6.61 Å². The summed E-state index contributed by atoms with van der Waals surface area (Å²) in [6, 6.07) is 7.70. The van der Waals surface area contributed by atoms with E-state index < -0.39 is 11.9 Å². The molecule has 1 amide bonds. The molecule has 22 heavy (non-hydrogen) atoms. The van der Waals surface area contributed by atoms with Crippen LogP contribution in [0.5, 0.6) is 5.75 Å². The summed E-state index contributed by atoms with van der Waals surface area (Å²) < 4.78 is 5.67. The molecule has 2 rings (SSSR count). The number of rotatable bonds is 5. The number of para-hydroxylation sites is 1. The van der Waals surface area contributed by atoms with Crippen LogP contribution in [0.25, 0.3) is 0 Å². The van der Waals surface area contributed by atoms with E-state index in [1.165, 1.54) is 0 Å². The molecule has 1 aliphatic heterocycles. The van der Waals surface area contributed by atoms with Crippen LogP contribution in [-0.2, 0) is 9.59 Å². The van der Waals surface area contributed by atoms with E-state index in [1.54, 1.807) is 4.90 Å². The predicted molar refractivity (Wildman–Crippen MR) is 80.3 cm³/mol. The van der Waals surface area contributed by atoms with E-state index in [1.807, 2.05) is 24.3 Å². The zero-order chi connectivity index (χ0) is 16.1. The second-order valence-corrected chi connectivity index (χ2v) is 5.96. The molecule has 1 aromatic rings. The molecule has 0 spiro atoms. The maximum absolute atomic E-state index is 12.2. The Morgan fingerprint density at radius 3 is 2.50 bits per heavy atom. The molecule has 0 bridgehead atoms. The summed E-state index contributed by atoms with van der Waals surface area (Å²) in [7, 11) is 0. The lowest BCUT2D eigenvalue weighted by Gasteiger charge is -2.32. The first-order valence-electron chi connectivity index (χ1n) is 7.69. The summed E-state index contributed by atoms with van der Waals surface area (Å²) in [5.74, 6) is -0.503. The number of hydrogen-bond donors (Lipinski definition) is 0. The number of likely N-dealkylation sites (tertiary alicyclic amines) is 1. The molecule has 120 valence electrons. The molecular formula is C17H22NO4-. The zero-order valence-electron chi connectivity index (χ0n) is 13.1. The molecule has 0 radical (unpaired) electrons. The maximum atomic E-state index is 12.2. The van der Waals surface area contributed by atoms with Crippen molar-refractivity contribution in [1.82, 2.24) is 4.90 Å². The maximum Gasteiger partial charge on any atom is 0.260 e. The van der Waals surface area contributed by atoms with Gasteiger partial charge in [-0.15, -0.1) is 0 Å². The molecule has 5 nitrogen and oxygen atoms in total. The fourth-order valence-electron chi connectivity index (χ4n) is 2.68. The first-order valence-corrected chi connectivity index (χ1v) is 7.69. The van der Waals surface area contributed by atoms with Crippen LogP contribution in [0, 0.1) is 5.92 Å². The van der Waals surface area contributed by atoms with E-state index in [0.29, 0.717) is 31.8 Å². The molecule has 0 N–H and O–H groups in total. The third-order valence-electron chi connectivity index (χ3n) is 4.07. The number of amides is 1. The van der Waals surface area contributed by atoms with Gasteiger partial charge in [-0.1, -0.05) is 32.0 Å². The van der Waals surface area contributed by atoms with Crippen LogP contribution in [0.3, 0.4) is 0 Å². The van der Waals surface area contributed by atoms with Crippen LogP contribution in [0.1, 0.15) is 38.2 Å². The Kier molecular flexibility index (Phi) is 5.41. The highest BCUT2D eigenvalue weighted by Crippen LogP contribution is 2.26. The average molecular weight is 304 g/mol. The van der Waals surface area contributed by atoms with Crippen molar-refractivity contribution in [2.24, 2.45) is 5.92 Å². The minimum absolute atomic E-state index is 0.0142. The van der Waals surface area contributed by atoms with Gasteiger partial charge in [0.2, 0.25) is 0 Å². The molecule has 5 heteroatoms. The summed E-state index contributed by atoms with van der Waals surface area (Å²) in [5.41, 5.74) is 1.07. The molecular weight excluding hydrogens is 282 g/mol. The molecule has 0 aromatic heterocycles. The normalized spacial score (nSPS) is 15.9. The number of carbonyl (C=O) groups excluding carboxylic acids is 2. The summed E-state index contributed by atoms with van der Waals surface area (Å²) in [5, 5.41) is 10.8.